The largest absolute Gasteiger partial charge is 0.481 e. The molecule has 0 aliphatic rings. The van der Waals surface area contributed by atoms with Gasteiger partial charge in [0.15, 0.2) is 0 Å². The second-order valence-electron chi connectivity index (χ2n) is 5.60. The quantitative estimate of drug-likeness (QED) is 0.782. The van der Waals surface area contributed by atoms with E-state index in [1.807, 2.05) is 0 Å². The van der Waals surface area contributed by atoms with Crippen LogP contribution in [0.2, 0.25) is 0 Å². The van der Waals surface area contributed by atoms with Gasteiger partial charge in [0.25, 0.3) is 0 Å². The summed E-state index contributed by atoms with van der Waals surface area (Å²) in [6.07, 6.45) is -5.59. The molecule has 0 atom stereocenters. The highest BCUT2D eigenvalue weighted by molar-refractivity contribution is 5.73. The average Bonchev–Trinajstić information content (AvgIpc) is 2.46. The minimum Gasteiger partial charge on any atom is -0.481 e. The van der Waals surface area contributed by atoms with Crippen LogP contribution in [0.25, 0.3) is 11.1 Å². The molecule has 0 spiro atoms. The van der Waals surface area contributed by atoms with Crippen molar-refractivity contribution in [3.8, 4) is 11.1 Å². The first-order valence-electron chi connectivity index (χ1n) is 7.30. The standard InChI is InChI=1S/C18H16F4O2/c1-10-5-3-4-6-12(10)14-9-15(18(20,21)22)17(19)13(11(14)2)7-8-16(23)24/h3-6,9H,7-8H2,1-2H3,(H,23,24). The third-order valence-electron chi connectivity index (χ3n) is 3.98. The van der Waals surface area contributed by atoms with Gasteiger partial charge in [0.2, 0.25) is 0 Å². The van der Waals surface area contributed by atoms with Crippen LogP contribution in [0.1, 0.15) is 28.7 Å². The molecule has 0 aromatic heterocycles. The third kappa shape index (κ3) is 3.58. The summed E-state index contributed by atoms with van der Waals surface area (Å²) in [6.45, 7) is 3.27. The van der Waals surface area contributed by atoms with Gasteiger partial charge in [-0.05, 0) is 54.2 Å². The van der Waals surface area contributed by atoms with E-state index in [-0.39, 0.29) is 17.5 Å². The molecule has 24 heavy (non-hydrogen) atoms. The predicted octanol–water partition coefficient (Wildman–Crippen LogP) is 5.15. The molecule has 0 fully saturated rings. The lowest BCUT2D eigenvalue weighted by Gasteiger charge is -2.19. The van der Waals surface area contributed by atoms with Crippen LogP contribution >= 0.6 is 0 Å². The van der Waals surface area contributed by atoms with Crippen LogP contribution in [0.15, 0.2) is 30.3 Å². The molecule has 0 radical (unpaired) electrons. The Morgan fingerprint density at radius 2 is 1.75 bits per heavy atom. The van der Waals surface area contributed by atoms with E-state index in [0.29, 0.717) is 11.1 Å². The Bertz CT molecular complexity index is 779. The fourth-order valence-corrected chi connectivity index (χ4v) is 2.70. The minimum absolute atomic E-state index is 0.203. The maximum Gasteiger partial charge on any atom is 0.419 e. The summed E-state index contributed by atoms with van der Waals surface area (Å²) in [5, 5.41) is 8.77. The van der Waals surface area contributed by atoms with E-state index in [2.05, 4.69) is 0 Å². The molecule has 0 unspecified atom stereocenters. The van der Waals surface area contributed by atoms with E-state index < -0.39 is 29.9 Å². The van der Waals surface area contributed by atoms with E-state index >= 15 is 0 Å². The fourth-order valence-electron chi connectivity index (χ4n) is 2.70. The van der Waals surface area contributed by atoms with Crippen LogP contribution in [0.3, 0.4) is 0 Å². The number of carboxylic acid groups (broad SMARTS) is 1. The predicted molar refractivity (Wildman–Crippen MR) is 82.3 cm³/mol. The van der Waals surface area contributed by atoms with Gasteiger partial charge < -0.3 is 5.11 Å². The van der Waals surface area contributed by atoms with Gasteiger partial charge in [0.1, 0.15) is 5.82 Å². The number of carboxylic acids is 1. The lowest BCUT2D eigenvalue weighted by molar-refractivity contribution is -0.140. The molecule has 0 saturated heterocycles. The molecule has 0 amide bonds. The molecule has 0 aliphatic heterocycles. The van der Waals surface area contributed by atoms with E-state index in [1.165, 1.54) is 6.92 Å². The number of aryl methyl sites for hydroxylation is 1. The Labute approximate surface area is 136 Å². The maximum atomic E-state index is 14.4. The van der Waals surface area contributed by atoms with Crippen LogP contribution in [-0.2, 0) is 17.4 Å². The molecule has 2 nitrogen and oxygen atoms in total. The Kier molecular flexibility index (Phi) is 4.96. The highest BCUT2D eigenvalue weighted by Crippen LogP contribution is 2.39. The van der Waals surface area contributed by atoms with Crippen molar-refractivity contribution in [3.63, 3.8) is 0 Å². The summed E-state index contributed by atoms with van der Waals surface area (Å²) < 4.78 is 54.0. The molecule has 0 heterocycles. The second-order valence-corrected chi connectivity index (χ2v) is 5.60. The van der Waals surface area contributed by atoms with Gasteiger partial charge in [-0.1, -0.05) is 24.3 Å². The number of halogens is 4. The van der Waals surface area contributed by atoms with Gasteiger partial charge in [-0.15, -0.1) is 0 Å². The minimum atomic E-state index is -4.85. The van der Waals surface area contributed by atoms with Crippen LogP contribution < -0.4 is 0 Å². The molecule has 2 aromatic rings. The molecule has 6 heteroatoms. The Morgan fingerprint density at radius 1 is 1.12 bits per heavy atom. The lowest BCUT2D eigenvalue weighted by atomic mass is 9.89. The molecule has 1 N–H and O–H groups in total. The zero-order valence-electron chi connectivity index (χ0n) is 13.2. The van der Waals surface area contributed by atoms with Gasteiger partial charge in [0, 0.05) is 6.42 Å². The number of carbonyl (C=O) groups is 1. The maximum absolute atomic E-state index is 14.4. The molecule has 2 rings (SSSR count). The number of hydrogen-bond donors (Lipinski definition) is 1. The summed E-state index contributed by atoms with van der Waals surface area (Å²) in [7, 11) is 0. The van der Waals surface area contributed by atoms with Gasteiger partial charge in [-0.3, -0.25) is 4.79 Å². The van der Waals surface area contributed by atoms with Crippen LogP contribution in [0, 0.1) is 19.7 Å². The van der Waals surface area contributed by atoms with Crippen molar-refractivity contribution in [1.29, 1.82) is 0 Å². The summed E-state index contributed by atoms with van der Waals surface area (Å²) >= 11 is 0. The SMILES string of the molecule is Cc1ccccc1-c1cc(C(F)(F)F)c(F)c(CCC(=O)O)c1C. The first-order valence-corrected chi connectivity index (χ1v) is 7.30. The van der Waals surface area contributed by atoms with Crippen molar-refractivity contribution in [2.45, 2.75) is 32.9 Å². The molecule has 0 bridgehead atoms. The van der Waals surface area contributed by atoms with Crippen molar-refractivity contribution in [2.75, 3.05) is 0 Å². The Morgan fingerprint density at radius 3 is 2.29 bits per heavy atom. The summed E-state index contributed by atoms with van der Waals surface area (Å²) in [6, 6.07) is 7.67. The molecular weight excluding hydrogens is 324 g/mol. The highest BCUT2D eigenvalue weighted by Gasteiger charge is 2.36. The van der Waals surface area contributed by atoms with Crippen molar-refractivity contribution < 1.29 is 27.5 Å². The van der Waals surface area contributed by atoms with Crippen molar-refractivity contribution >= 4 is 5.97 Å². The van der Waals surface area contributed by atoms with E-state index in [1.54, 1.807) is 31.2 Å². The Balaban J connectivity index is 2.73. The zero-order chi connectivity index (χ0) is 18.1. The average molecular weight is 340 g/mol. The van der Waals surface area contributed by atoms with E-state index in [4.69, 9.17) is 5.11 Å². The van der Waals surface area contributed by atoms with Crippen LogP contribution in [0.5, 0.6) is 0 Å². The monoisotopic (exact) mass is 340 g/mol. The Hall–Kier alpha value is -2.37. The molecule has 0 saturated carbocycles. The van der Waals surface area contributed by atoms with Crippen molar-refractivity contribution in [1.82, 2.24) is 0 Å². The number of alkyl halides is 3. The lowest BCUT2D eigenvalue weighted by Crippen LogP contribution is -2.13. The summed E-state index contributed by atoms with van der Waals surface area (Å²) in [4.78, 5) is 10.7. The molecular formula is C18H16F4O2. The molecule has 2 aromatic carbocycles. The van der Waals surface area contributed by atoms with Gasteiger partial charge in [-0.2, -0.15) is 13.2 Å². The molecule has 0 aliphatic carbocycles. The van der Waals surface area contributed by atoms with Gasteiger partial charge >= 0.3 is 12.1 Å². The normalized spacial score (nSPS) is 11.6. The first-order chi connectivity index (χ1) is 11.1. The first kappa shape index (κ1) is 18.0. The van der Waals surface area contributed by atoms with Crippen LogP contribution in [0.4, 0.5) is 17.6 Å². The van der Waals surface area contributed by atoms with Crippen LogP contribution in [-0.4, -0.2) is 11.1 Å². The van der Waals surface area contributed by atoms with E-state index in [0.717, 1.165) is 11.6 Å². The van der Waals surface area contributed by atoms with E-state index in [9.17, 15) is 22.4 Å². The third-order valence-corrected chi connectivity index (χ3v) is 3.98. The number of rotatable bonds is 4. The van der Waals surface area contributed by atoms with Gasteiger partial charge in [0.05, 0.1) is 5.56 Å². The van der Waals surface area contributed by atoms with Gasteiger partial charge in [-0.25, -0.2) is 4.39 Å². The fraction of sp³-hybridized carbons (Fsp3) is 0.278. The van der Waals surface area contributed by atoms with Crippen molar-refractivity contribution in [2.24, 2.45) is 0 Å². The summed E-state index contributed by atoms with van der Waals surface area (Å²) in [5.41, 5.74) is 0.345. The number of aliphatic carboxylic acids is 1. The number of hydrogen-bond acceptors (Lipinski definition) is 1. The zero-order valence-corrected chi connectivity index (χ0v) is 13.2. The smallest absolute Gasteiger partial charge is 0.419 e. The molecule has 128 valence electrons. The second kappa shape index (κ2) is 6.63. The van der Waals surface area contributed by atoms with Crippen molar-refractivity contribution in [3.05, 3.63) is 58.4 Å². The topological polar surface area (TPSA) is 37.3 Å². The number of benzene rings is 2. The highest BCUT2D eigenvalue weighted by atomic mass is 19.4. The summed E-state index contributed by atoms with van der Waals surface area (Å²) in [5.74, 6) is -2.58.